The Kier molecular flexibility index (Phi) is 8.26. The Bertz CT molecular complexity index is 1020. The highest BCUT2D eigenvalue weighted by molar-refractivity contribution is 5.92. The van der Waals surface area contributed by atoms with Gasteiger partial charge in [0, 0.05) is 6.54 Å². The van der Waals surface area contributed by atoms with Gasteiger partial charge in [0.25, 0.3) is 5.91 Å². The first-order valence-corrected chi connectivity index (χ1v) is 10.4. The van der Waals surface area contributed by atoms with Crippen molar-refractivity contribution in [2.24, 2.45) is 0 Å². The zero-order valence-electron chi connectivity index (χ0n) is 18.2. The number of hydrogen-bond donors (Lipinski definition) is 1. The molecule has 6 heteroatoms. The maximum atomic E-state index is 12.5. The van der Waals surface area contributed by atoms with Crippen LogP contribution in [0.2, 0.25) is 0 Å². The Morgan fingerprint density at radius 3 is 2.19 bits per heavy atom. The second-order valence-electron chi connectivity index (χ2n) is 7.21. The minimum absolute atomic E-state index is 0.276. The van der Waals surface area contributed by atoms with E-state index in [1.54, 1.807) is 25.1 Å². The number of ether oxygens (including phenoxy) is 3. The molecule has 0 aromatic heterocycles. The van der Waals surface area contributed by atoms with Gasteiger partial charge in [-0.2, -0.15) is 0 Å². The van der Waals surface area contributed by atoms with Gasteiger partial charge in [0.15, 0.2) is 17.6 Å². The quantitative estimate of drug-likeness (QED) is 0.486. The molecule has 0 bridgehead atoms. The van der Waals surface area contributed by atoms with Crippen LogP contribution in [0.1, 0.15) is 28.4 Å². The monoisotopic (exact) mass is 433 g/mol. The fourth-order valence-electron chi connectivity index (χ4n) is 3.05. The number of hydrogen-bond acceptors (Lipinski definition) is 5. The largest absolute Gasteiger partial charge is 0.493 e. The van der Waals surface area contributed by atoms with Crippen molar-refractivity contribution >= 4 is 11.9 Å². The first-order valence-electron chi connectivity index (χ1n) is 10.4. The molecule has 0 aliphatic heterocycles. The molecule has 0 saturated heterocycles. The van der Waals surface area contributed by atoms with E-state index in [2.05, 4.69) is 5.32 Å². The summed E-state index contributed by atoms with van der Waals surface area (Å²) in [6.45, 7) is 2.39. The average Bonchev–Trinajstić information content (AvgIpc) is 2.83. The zero-order valence-corrected chi connectivity index (χ0v) is 18.2. The molecule has 1 atom stereocenters. The highest BCUT2D eigenvalue weighted by Crippen LogP contribution is 2.29. The van der Waals surface area contributed by atoms with Gasteiger partial charge >= 0.3 is 5.97 Å². The number of nitrogens with one attached hydrogen (secondary N) is 1. The van der Waals surface area contributed by atoms with E-state index >= 15 is 0 Å². The summed E-state index contributed by atoms with van der Waals surface area (Å²) < 4.78 is 16.5. The van der Waals surface area contributed by atoms with Gasteiger partial charge in [-0.05, 0) is 42.7 Å². The smallest absolute Gasteiger partial charge is 0.339 e. The van der Waals surface area contributed by atoms with Gasteiger partial charge < -0.3 is 19.5 Å². The lowest BCUT2D eigenvalue weighted by atomic mass is 10.1. The summed E-state index contributed by atoms with van der Waals surface area (Å²) in [5.41, 5.74) is 2.42. The maximum Gasteiger partial charge on any atom is 0.339 e. The summed E-state index contributed by atoms with van der Waals surface area (Å²) >= 11 is 0. The molecule has 0 fully saturated rings. The van der Waals surface area contributed by atoms with Crippen LogP contribution in [0.15, 0.2) is 78.9 Å². The molecule has 1 N–H and O–H groups in total. The molecule has 32 heavy (non-hydrogen) atoms. The van der Waals surface area contributed by atoms with Crippen molar-refractivity contribution in [3.8, 4) is 11.5 Å². The SMILES string of the molecule is COc1cc(C(=O)OC(C)C(=O)NCCc2ccccc2)ccc1OCc1ccccc1. The molecule has 1 amide bonds. The van der Waals surface area contributed by atoms with E-state index in [4.69, 9.17) is 14.2 Å². The summed E-state index contributed by atoms with van der Waals surface area (Å²) in [4.78, 5) is 24.8. The van der Waals surface area contributed by atoms with Gasteiger partial charge in [-0.1, -0.05) is 60.7 Å². The van der Waals surface area contributed by atoms with Crippen LogP contribution in [0.5, 0.6) is 11.5 Å². The van der Waals surface area contributed by atoms with Gasteiger partial charge in [0.1, 0.15) is 6.61 Å². The van der Waals surface area contributed by atoms with Crippen molar-refractivity contribution in [2.75, 3.05) is 13.7 Å². The zero-order chi connectivity index (χ0) is 22.8. The lowest BCUT2D eigenvalue weighted by Gasteiger charge is -2.15. The standard InChI is InChI=1S/C26H27NO5/c1-19(25(28)27-16-15-20-9-5-3-6-10-20)32-26(29)22-13-14-23(24(17-22)30-2)31-18-21-11-7-4-8-12-21/h3-14,17,19H,15-16,18H2,1-2H3,(H,27,28). The van der Waals surface area contributed by atoms with E-state index in [0.717, 1.165) is 11.1 Å². The molecule has 1 unspecified atom stereocenters. The van der Waals surface area contributed by atoms with Crippen LogP contribution in [0.4, 0.5) is 0 Å². The molecule has 0 radical (unpaired) electrons. The van der Waals surface area contributed by atoms with E-state index in [9.17, 15) is 9.59 Å². The van der Waals surface area contributed by atoms with Gasteiger partial charge in [-0.25, -0.2) is 4.79 Å². The van der Waals surface area contributed by atoms with E-state index in [-0.39, 0.29) is 11.5 Å². The molecule has 3 rings (SSSR count). The second-order valence-corrected chi connectivity index (χ2v) is 7.21. The lowest BCUT2D eigenvalue weighted by molar-refractivity contribution is -0.129. The number of esters is 1. The number of benzene rings is 3. The first kappa shape index (κ1) is 22.9. The van der Waals surface area contributed by atoms with Crippen LogP contribution in [0, 0.1) is 0 Å². The molecule has 0 aliphatic rings. The van der Waals surface area contributed by atoms with Crippen molar-refractivity contribution < 1.29 is 23.8 Å². The van der Waals surface area contributed by atoms with E-state index in [0.29, 0.717) is 31.1 Å². The minimum atomic E-state index is -0.918. The van der Waals surface area contributed by atoms with E-state index < -0.39 is 12.1 Å². The average molecular weight is 434 g/mol. The summed E-state index contributed by atoms with van der Waals surface area (Å²) in [5.74, 6) is -0.0253. The van der Waals surface area contributed by atoms with Gasteiger partial charge in [0.05, 0.1) is 12.7 Å². The van der Waals surface area contributed by atoms with E-state index in [1.165, 1.54) is 7.11 Å². The predicted octanol–water partition coefficient (Wildman–Crippen LogP) is 4.18. The molecule has 166 valence electrons. The number of amides is 1. The molecular weight excluding hydrogens is 406 g/mol. The van der Waals surface area contributed by atoms with Gasteiger partial charge in [0.2, 0.25) is 0 Å². The van der Waals surface area contributed by atoms with E-state index in [1.807, 2.05) is 60.7 Å². The lowest BCUT2D eigenvalue weighted by Crippen LogP contribution is -2.36. The topological polar surface area (TPSA) is 73.9 Å². The summed E-state index contributed by atoms with van der Waals surface area (Å²) in [5, 5.41) is 2.79. The predicted molar refractivity (Wildman–Crippen MR) is 122 cm³/mol. The van der Waals surface area contributed by atoms with Crippen LogP contribution in [-0.2, 0) is 22.6 Å². The third kappa shape index (κ3) is 6.60. The summed E-state index contributed by atoms with van der Waals surface area (Å²) in [6, 6.07) is 24.4. The van der Waals surface area contributed by atoms with Crippen LogP contribution in [0.25, 0.3) is 0 Å². The molecule has 0 spiro atoms. The molecule has 3 aromatic carbocycles. The molecule has 0 aliphatic carbocycles. The Labute approximate surface area is 188 Å². The van der Waals surface area contributed by atoms with Gasteiger partial charge in [-0.3, -0.25) is 4.79 Å². The third-order valence-corrected chi connectivity index (χ3v) is 4.85. The van der Waals surface area contributed by atoms with Crippen LogP contribution in [-0.4, -0.2) is 31.6 Å². The van der Waals surface area contributed by atoms with Crippen molar-refractivity contribution in [3.05, 3.63) is 95.6 Å². The normalized spacial score (nSPS) is 11.3. The number of carbonyl (C=O) groups excluding carboxylic acids is 2. The van der Waals surface area contributed by atoms with Crippen molar-refractivity contribution in [2.45, 2.75) is 26.1 Å². The minimum Gasteiger partial charge on any atom is -0.493 e. The molecule has 6 nitrogen and oxygen atoms in total. The molecule has 0 saturated carbocycles. The number of methoxy groups -OCH3 is 1. The summed E-state index contributed by atoms with van der Waals surface area (Å²) in [6.07, 6.45) is -0.215. The van der Waals surface area contributed by atoms with Crippen LogP contribution >= 0.6 is 0 Å². The van der Waals surface area contributed by atoms with Crippen molar-refractivity contribution in [3.63, 3.8) is 0 Å². The molecular formula is C26H27NO5. The van der Waals surface area contributed by atoms with Crippen molar-refractivity contribution in [1.29, 1.82) is 0 Å². The van der Waals surface area contributed by atoms with Crippen LogP contribution in [0.3, 0.4) is 0 Å². The fraction of sp³-hybridized carbons (Fsp3) is 0.231. The highest BCUT2D eigenvalue weighted by Gasteiger charge is 2.20. The second kappa shape index (κ2) is 11.6. The Morgan fingerprint density at radius 2 is 1.53 bits per heavy atom. The first-order chi connectivity index (χ1) is 15.6. The van der Waals surface area contributed by atoms with Crippen LogP contribution < -0.4 is 14.8 Å². The van der Waals surface area contributed by atoms with Crippen molar-refractivity contribution in [1.82, 2.24) is 5.32 Å². The third-order valence-electron chi connectivity index (χ3n) is 4.85. The Hall–Kier alpha value is -3.80. The molecule has 3 aromatic rings. The Morgan fingerprint density at radius 1 is 0.875 bits per heavy atom. The van der Waals surface area contributed by atoms with Gasteiger partial charge in [-0.15, -0.1) is 0 Å². The Balaban J connectivity index is 1.52. The fourth-order valence-corrected chi connectivity index (χ4v) is 3.05. The number of carbonyl (C=O) groups is 2. The highest BCUT2D eigenvalue weighted by atomic mass is 16.5. The molecule has 0 heterocycles. The summed E-state index contributed by atoms with van der Waals surface area (Å²) in [7, 11) is 1.50. The maximum absolute atomic E-state index is 12.5. The number of rotatable bonds is 10.